The van der Waals surface area contributed by atoms with Crippen LogP contribution in [-0.4, -0.2) is 41.0 Å². The van der Waals surface area contributed by atoms with E-state index in [9.17, 15) is 4.79 Å². The summed E-state index contributed by atoms with van der Waals surface area (Å²) in [5, 5.41) is 3.39. The van der Waals surface area contributed by atoms with Gasteiger partial charge < -0.3 is 10.2 Å². The summed E-state index contributed by atoms with van der Waals surface area (Å²) in [4.78, 5) is 18.1. The molecule has 5 rings (SSSR count). The highest BCUT2D eigenvalue weighted by atomic mass is 16.2. The van der Waals surface area contributed by atoms with E-state index in [1.54, 1.807) is 0 Å². The third kappa shape index (κ3) is 3.98. The molecule has 2 heterocycles. The molecule has 3 aliphatic rings. The zero-order chi connectivity index (χ0) is 20.3. The normalized spacial score (nSPS) is 28.1. The smallest absolute Gasteiger partial charge is 0.318 e. The van der Waals surface area contributed by atoms with Gasteiger partial charge in [-0.25, -0.2) is 4.79 Å². The van der Waals surface area contributed by atoms with Crippen molar-refractivity contribution >= 4 is 6.03 Å². The lowest BCUT2D eigenvalue weighted by Gasteiger charge is -2.52. The number of urea groups is 1. The number of hydrogen-bond donors (Lipinski definition) is 1. The van der Waals surface area contributed by atoms with E-state index < -0.39 is 0 Å². The van der Waals surface area contributed by atoms with Crippen LogP contribution in [0.1, 0.15) is 55.7 Å². The number of carbonyl (C=O) groups excluding carboxylic acids is 1. The van der Waals surface area contributed by atoms with Gasteiger partial charge in [0.25, 0.3) is 0 Å². The Morgan fingerprint density at radius 2 is 1.50 bits per heavy atom. The first-order chi connectivity index (χ1) is 14.8. The molecule has 1 saturated carbocycles. The maximum atomic E-state index is 13.3. The van der Waals surface area contributed by atoms with Gasteiger partial charge in [-0.2, -0.15) is 0 Å². The minimum Gasteiger partial charge on any atom is -0.335 e. The van der Waals surface area contributed by atoms with Crippen molar-refractivity contribution in [2.45, 2.75) is 63.2 Å². The lowest BCUT2D eigenvalue weighted by Crippen LogP contribution is -2.62. The quantitative estimate of drug-likeness (QED) is 0.782. The Balaban J connectivity index is 1.33. The van der Waals surface area contributed by atoms with E-state index in [1.807, 2.05) is 0 Å². The van der Waals surface area contributed by atoms with Crippen LogP contribution in [0, 0.1) is 5.92 Å². The zero-order valence-electron chi connectivity index (χ0n) is 17.7. The van der Waals surface area contributed by atoms with E-state index in [2.05, 4.69) is 75.8 Å². The fraction of sp³-hybridized carbons (Fsp3) is 0.500. The Hall–Kier alpha value is -2.33. The number of piperidine rings is 1. The fourth-order valence-corrected chi connectivity index (χ4v) is 5.93. The third-order valence-electron chi connectivity index (χ3n) is 7.41. The van der Waals surface area contributed by atoms with Crippen molar-refractivity contribution < 1.29 is 4.79 Å². The monoisotopic (exact) mass is 403 g/mol. The number of likely N-dealkylation sites (tertiary alicyclic amines) is 1. The predicted octanol–water partition coefficient (Wildman–Crippen LogP) is 4.98. The van der Waals surface area contributed by atoms with Crippen molar-refractivity contribution in [2.75, 3.05) is 13.1 Å². The Labute approximate surface area is 180 Å². The number of rotatable bonds is 4. The third-order valence-corrected chi connectivity index (χ3v) is 7.41. The Morgan fingerprint density at radius 3 is 2.23 bits per heavy atom. The standard InChI is InChI=1S/C26H33N3O/c30-26-27-24-14-8-7-13-23(24)25(21-11-5-2-6-12-21)29(26)22-15-17-28(18-16-22)19-20-9-3-1-4-10-20/h1-6,9-12,22-25H,7-8,13-19H2,(H,27,30)/t23-,24?,25-/m1/s1. The van der Waals surface area contributed by atoms with Gasteiger partial charge in [0.2, 0.25) is 0 Å². The Morgan fingerprint density at radius 1 is 0.833 bits per heavy atom. The topological polar surface area (TPSA) is 35.6 Å². The number of fused-ring (bicyclic) bond motifs is 1. The molecule has 4 heteroatoms. The van der Waals surface area contributed by atoms with Gasteiger partial charge in [0, 0.05) is 37.6 Å². The molecule has 30 heavy (non-hydrogen) atoms. The van der Waals surface area contributed by atoms with Crippen molar-refractivity contribution in [1.29, 1.82) is 0 Å². The second-order valence-electron chi connectivity index (χ2n) is 9.26. The highest BCUT2D eigenvalue weighted by Gasteiger charge is 2.46. The molecule has 1 aliphatic carbocycles. The van der Waals surface area contributed by atoms with Crippen molar-refractivity contribution in [3.8, 4) is 0 Å². The summed E-state index contributed by atoms with van der Waals surface area (Å²) in [6.07, 6.45) is 6.98. The number of nitrogens with zero attached hydrogens (tertiary/aromatic N) is 2. The lowest BCUT2D eigenvalue weighted by molar-refractivity contribution is 0.0268. The van der Waals surface area contributed by atoms with E-state index in [0.717, 1.165) is 38.9 Å². The number of carbonyl (C=O) groups is 1. The molecule has 0 bridgehead atoms. The SMILES string of the molecule is O=C1NC2CCCC[C@H]2[C@@H](c2ccccc2)N1C1CCN(Cc2ccccc2)CC1. The van der Waals surface area contributed by atoms with E-state index in [-0.39, 0.29) is 12.1 Å². The Kier molecular flexibility index (Phi) is 5.76. The average molecular weight is 404 g/mol. The first kappa shape index (κ1) is 19.6. The molecule has 2 saturated heterocycles. The molecule has 0 aromatic heterocycles. The van der Waals surface area contributed by atoms with Crippen LogP contribution in [0.25, 0.3) is 0 Å². The highest BCUT2D eigenvalue weighted by molar-refractivity contribution is 5.77. The van der Waals surface area contributed by atoms with Gasteiger partial charge in [0.05, 0.1) is 6.04 Å². The molecule has 2 amide bonds. The van der Waals surface area contributed by atoms with Crippen molar-refractivity contribution in [2.24, 2.45) is 5.92 Å². The molecule has 2 aromatic rings. The zero-order valence-corrected chi connectivity index (χ0v) is 17.7. The maximum absolute atomic E-state index is 13.3. The second kappa shape index (κ2) is 8.81. The lowest BCUT2D eigenvalue weighted by atomic mass is 9.74. The van der Waals surface area contributed by atoms with Crippen LogP contribution in [0.15, 0.2) is 60.7 Å². The number of benzene rings is 2. The van der Waals surface area contributed by atoms with Crippen LogP contribution in [-0.2, 0) is 6.54 Å². The van der Waals surface area contributed by atoms with E-state index in [1.165, 1.54) is 30.4 Å². The van der Waals surface area contributed by atoms with E-state index in [0.29, 0.717) is 18.0 Å². The fourth-order valence-electron chi connectivity index (χ4n) is 5.93. The van der Waals surface area contributed by atoms with Crippen LogP contribution in [0.2, 0.25) is 0 Å². The van der Waals surface area contributed by atoms with Crippen molar-refractivity contribution in [1.82, 2.24) is 15.1 Å². The largest absolute Gasteiger partial charge is 0.335 e. The summed E-state index contributed by atoms with van der Waals surface area (Å²) in [7, 11) is 0. The van der Waals surface area contributed by atoms with E-state index in [4.69, 9.17) is 0 Å². The van der Waals surface area contributed by atoms with Crippen molar-refractivity contribution in [3.63, 3.8) is 0 Å². The van der Waals surface area contributed by atoms with Crippen LogP contribution in [0.3, 0.4) is 0 Å². The Bertz CT molecular complexity index is 832. The summed E-state index contributed by atoms with van der Waals surface area (Å²) in [5.74, 6) is 0.529. The molecule has 2 aromatic carbocycles. The first-order valence-electron chi connectivity index (χ1n) is 11.7. The number of hydrogen-bond acceptors (Lipinski definition) is 2. The molecule has 0 spiro atoms. The summed E-state index contributed by atoms with van der Waals surface area (Å²) < 4.78 is 0. The van der Waals surface area contributed by atoms with Gasteiger partial charge in [-0.3, -0.25) is 4.90 Å². The minimum atomic E-state index is 0.161. The van der Waals surface area contributed by atoms with Crippen LogP contribution in [0.5, 0.6) is 0 Å². The van der Waals surface area contributed by atoms with Gasteiger partial charge >= 0.3 is 6.03 Å². The summed E-state index contributed by atoms with van der Waals surface area (Å²) in [6.45, 7) is 3.12. The van der Waals surface area contributed by atoms with Gasteiger partial charge in [0.1, 0.15) is 0 Å². The molecule has 3 fully saturated rings. The highest BCUT2D eigenvalue weighted by Crippen LogP contribution is 2.43. The molecular formula is C26H33N3O. The molecule has 1 unspecified atom stereocenters. The van der Waals surface area contributed by atoms with Crippen molar-refractivity contribution in [3.05, 3.63) is 71.8 Å². The van der Waals surface area contributed by atoms with Crippen LogP contribution >= 0.6 is 0 Å². The van der Waals surface area contributed by atoms with E-state index >= 15 is 0 Å². The molecule has 0 radical (unpaired) electrons. The molecule has 3 atom stereocenters. The molecule has 158 valence electrons. The summed E-state index contributed by atoms with van der Waals surface area (Å²) in [6, 6.07) is 22.6. The van der Waals surface area contributed by atoms with Crippen LogP contribution in [0.4, 0.5) is 4.79 Å². The van der Waals surface area contributed by atoms with Gasteiger partial charge in [-0.15, -0.1) is 0 Å². The summed E-state index contributed by atoms with van der Waals surface area (Å²) >= 11 is 0. The average Bonchev–Trinajstić information content (AvgIpc) is 2.80. The number of nitrogens with one attached hydrogen (secondary N) is 1. The molecular weight excluding hydrogens is 370 g/mol. The predicted molar refractivity (Wildman–Crippen MR) is 120 cm³/mol. The molecule has 2 aliphatic heterocycles. The molecule has 4 nitrogen and oxygen atoms in total. The number of amides is 2. The maximum Gasteiger partial charge on any atom is 0.318 e. The molecule has 1 N–H and O–H groups in total. The van der Waals surface area contributed by atoms with Gasteiger partial charge in [-0.1, -0.05) is 73.5 Å². The van der Waals surface area contributed by atoms with Gasteiger partial charge in [-0.05, 0) is 36.8 Å². The summed E-state index contributed by atoms with van der Waals surface area (Å²) in [5.41, 5.74) is 2.69. The van der Waals surface area contributed by atoms with Gasteiger partial charge in [0.15, 0.2) is 0 Å². The first-order valence-corrected chi connectivity index (χ1v) is 11.7. The second-order valence-corrected chi connectivity index (χ2v) is 9.26. The van der Waals surface area contributed by atoms with Crippen LogP contribution < -0.4 is 5.32 Å². The minimum absolute atomic E-state index is 0.161.